The molecule has 0 atom stereocenters. The summed E-state index contributed by atoms with van der Waals surface area (Å²) in [5, 5.41) is 8.51. The van der Waals surface area contributed by atoms with Gasteiger partial charge in [0.05, 0.1) is 6.17 Å². The molecule has 5 N–H and O–H groups in total. The van der Waals surface area contributed by atoms with E-state index in [1.54, 1.807) is 0 Å². The summed E-state index contributed by atoms with van der Waals surface area (Å²) < 4.78 is 0. The molecule has 0 rings (SSSR count). The van der Waals surface area contributed by atoms with E-state index in [1.165, 1.54) is 12.8 Å². The first-order valence-electron chi connectivity index (χ1n) is 8.66. The molecular formula is C18H34N2O2. The third-order valence-electron chi connectivity index (χ3n) is 3.53. The van der Waals surface area contributed by atoms with E-state index in [2.05, 4.69) is 24.3 Å². The monoisotopic (exact) mass is 310 g/mol. The van der Waals surface area contributed by atoms with E-state index >= 15 is 0 Å². The molecule has 0 amide bonds. The van der Waals surface area contributed by atoms with Crippen molar-refractivity contribution in [3.8, 4) is 0 Å². The Morgan fingerprint density at radius 2 is 1.36 bits per heavy atom. The molecule has 22 heavy (non-hydrogen) atoms. The molecule has 0 aromatic rings. The molecule has 4 heteroatoms. The van der Waals surface area contributed by atoms with Crippen LogP contribution in [0.2, 0.25) is 0 Å². The molecule has 0 fully saturated rings. The molecule has 0 radical (unpaired) electrons. The van der Waals surface area contributed by atoms with Crippen molar-refractivity contribution in [3.63, 3.8) is 0 Å². The summed E-state index contributed by atoms with van der Waals surface area (Å²) in [7, 11) is 0. The van der Waals surface area contributed by atoms with Crippen LogP contribution in [0.1, 0.15) is 77.0 Å². The van der Waals surface area contributed by atoms with Gasteiger partial charge >= 0.3 is 5.97 Å². The van der Waals surface area contributed by atoms with E-state index in [0.717, 1.165) is 57.8 Å². The number of aliphatic carboxylic acids is 1. The van der Waals surface area contributed by atoms with Gasteiger partial charge in [-0.3, -0.25) is 4.79 Å². The second-order valence-corrected chi connectivity index (χ2v) is 5.83. The first-order chi connectivity index (χ1) is 10.6. The zero-order valence-electron chi connectivity index (χ0n) is 13.9. The Hall–Kier alpha value is -1.13. The normalized spacial score (nSPS) is 12.0. The van der Waals surface area contributed by atoms with Crippen LogP contribution in [0.25, 0.3) is 0 Å². The third kappa shape index (κ3) is 18.9. The predicted octanol–water partition coefficient (Wildman–Crippen LogP) is 4.11. The highest BCUT2D eigenvalue weighted by Crippen LogP contribution is 2.08. The minimum atomic E-state index is -0.682. The smallest absolute Gasteiger partial charge is 0.303 e. The Morgan fingerprint density at radius 3 is 1.95 bits per heavy atom. The number of carboxylic acid groups (broad SMARTS) is 1. The van der Waals surface area contributed by atoms with Gasteiger partial charge in [-0.2, -0.15) is 0 Å². The van der Waals surface area contributed by atoms with Crippen LogP contribution in [0, 0.1) is 0 Å². The van der Waals surface area contributed by atoms with Crippen LogP contribution in [0.15, 0.2) is 24.3 Å². The van der Waals surface area contributed by atoms with Crippen LogP contribution < -0.4 is 11.5 Å². The van der Waals surface area contributed by atoms with E-state index in [1.807, 2.05) is 0 Å². The lowest BCUT2D eigenvalue weighted by Gasteiger charge is -2.02. The Morgan fingerprint density at radius 1 is 0.818 bits per heavy atom. The number of carboxylic acids is 1. The Labute approximate surface area is 135 Å². The first kappa shape index (κ1) is 20.9. The molecule has 0 spiro atoms. The number of unbranched alkanes of at least 4 members (excludes halogenated alkanes) is 7. The number of rotatable bonds is 15. The minimum Gasteiger partial charge on any atom is -0.481 e. The number of hydrogen-bond donors (Lipinski definition) is 3. The highest BCUT2D eigenvalue weighted by Gasteiger charge is 1.95. The van der Waals surface area contributed by atoms with E-state index in [9.17, 15) is 4.79 Å². The van der Waals surface area contributed by atoms with Crippen molar-refractivity contribution in [2.75, 3.05) is 0 Å². The van der Waals surface area contributed by atoms with Crippen molar-refractivity contribution in [3.05, 3.63) is 24.3 Å². The van der Waals surface area contributed by atoms with Crippen LogP contribution in [0.5, 0.6) is 0 Å². The molecule has 0 saturated carbocycles. The molecule has 4 nitrogen and oxygen atoms in total. The number of hydrogen-bond acceptors (Lipinski definition) is 3. The highest BCUT2D eigenvalue weighted by molar-refractivity contribution is 5.66. The summed E-state index contributed by atoms with van der Waals surface area (Å²) in [6.45, 7) is 0. The average molecular weight is 310 g/mol. The van der Waals surface area contributed by atoms with Crippen molar-refractivity contribution < 1.29 is 9.90 Å². The van der Waals surface area contributed by atoms with Crippen LogP contribution in [-0.2, 0) is 4.79 Å². The van der Waals surface area contributed by atoms with Gasteiger partial charge in [0.25, 0.3) is 0 Å². The zero-order valence-corrected chi connectivity index (χ0v) is 13.9. The summed E-state index contributed by atoms with van der Waals surface area (Å²) in [4.78, 5) is 10.3. The van der Waals surface area contributed by atoms with Gasteiger partial charge in [-0.25, -0.2) is 0 Å². The van der Waals surface area contributed by atoms with E-state index < -0.39 is 5.97 Å². The first-order valence-corrected chi connectivity index (χ1v) is 8.66. The standard InChI is InChI=1S/C18H34N2O2/c19-17(20)15-13-11-9-7-5-3-1-2-4-6-8-10-12-14-16-18(21)22/h1-2,5,7,17H,3-4,6,8-16,19-20H2,(H,21,22). The predicted molar refractivity (Wildman–Crippen MR) is 93.5 cm³/mol. The van der Waals surface area contributed by atoms with E-state index in [4.69, 9.17) is 16.6 Å². The van der Waals surface area contributed by atoms with Crippen molar-refractivity contribution in [1.82, 2.24) is 0 Å². The molecule has 0 aromatic carbocycles. The Bertz CT molecular complexity index is 312. The van der Waals surface area contributed by atoms with E-state index in [-0.39, 0.29) is 6.17 Å². The van der Waals surface area contributed by atoms with Gasteiger partial charge in [0, 0.05) is 6.42 Å². The molecule has 0 bridgehead atoms. The lowest BCUT2D eigenvalue weighted by Crippen LogP contribution is -2.29. The van der Waals surface area contributed by atoms with Gasteiger partial charge in [0.2, 0.25) is 0 Å². The maximum absolute atomic E-state index is 10.3. The van der Waals surface area contributed by atoms with Gasteiger partial charge in [-0.05, 0) is 44.9 Å². The molecular weight excluding hydrogens is 276 g/mol. The maximum atomic E-state index is 10.3. The Balaban J connectivity index is 3.22. The second kappa shape index (κ2) is 16.2. The van der Waals surface area contributed by atoms with Crippen LogP contribution in [0.4, 0.5) is 0 Å². The van der Waals surface area contributed by atoms with Crippen molar-refractivity contribution in [2.24, 2.45) is 11.5 Å². The molecule has 0 heterocycles. The quantitative estimate of drug-likeness (QED) is 0.241. The fourth-order valence-electron chi connectivity index (χ4n) is 2.22. The van der Waals surface area contributed by atoms with Gasteiger partial charge in [0.15, 0.2) is 0 Å². The summed E-state index contributed by atoms with van der Waals surface area (Å²) in [6, 6.07) is 0. The van der Waals surface area contributed by atoms with Crippen LogP contribution in [-0.4, -0.2) is 17.2 Å². The van der Waals surface area contributed by atoms with Gasteiger partial charge in [0.1, 0.15) is 0 Å². The fourth-order valence-corrected chi connectivity index (χ4v) is 2.22. The molecule has 0 unspecified atom stereocenters. The largest absolute Gasteiger partial charge is 0.481 e. The van der Waals surface area contributed by atoms with Gasteiger partial charge in [-0.1, -0.05) is 50.0 Å². The summed E-state index contributed by atoms with van der Waals surface area (Å²) >= 11 is 0. The summed E-state index contributed by atoms with van der Waals surface area (Å²) in [6.07, 6.45) is 20.9. The third-order valence-corrected chi connectivity index (χ3v) is 3.53. The number of nitrogens with two attached hydrogens (primary N) is 2. The van der Waals surface area contributed by atoms with Crippen molar-refractivity contribution in [1.29, 1.82) is 0 Å². The van der Waals surface area contributed by atoms with Crippen molar-refractivity contribution >= 4 is 5.97 Å². The van der Waals surface area contributed by atoms with Crippen molar-refractivity contribution in [2.45, 2.75) is 83.2 Å². The van der Waals surface area contributed by atoms with Crippen LogP contribution in [0.3, 0.4) is 0 Å². The van der Waals surface area contributed by atoms with Gasteiger partial charge < -0.3 is 16.6 Å². The topological polar surface area (TPSA) is 89.3 Å². The molecule has 0 aliphatic carbocycles. The van der Waals surface area contributed by atoms with Crippen LogP contribution >= 0.6 is 0 Å². The SMILES string of the molecule is NC(N)CCCCC=CCC=CCCCCCCCC(=O)O. The number of allylic oxidation sites excluding steroid dienone is 4. The zero-order chi connectivity index (χ0) is 16.5. The molecule has 0 aromatic heterocycles. The lowest BCUT2D eigenvalue weighted by atomic mass is 10.1. The molecule has 128 valence electrons. The maximum Gasteiger partial charge on any atom is 0.303 e. The fraction of sp³-hybridized carbons (Fsp3) is 0.722. The molecule has 0 aliphatic heterocycles. The highest BCUT2D eigenvalue weighted by atomic mass is 16.4. The second-order valence-electron chi connectivity index (χ2n) is 5.83. The van der Waals surface area contributed by atoms with Gasteiger partial charge in [-0.15, -0.1) is 0 Å². The van der Waals surface area contributed by atoms with E-state index in [0.29, 0.717) is 6.42 Å². The average Bonchev–Trinajstić information content (AvgIpc) is 2.46. The number of carbonyl (C=O) groups is 1. The minimum absolute atomic E-state index is 0.163. The Kier molecular flexibility index (Phi) is 15.4. The lowest BCUT2D eigenvalue weighted by molar-refractivity contribution is -0.137. The summed E-state index contributed by atoms with van der Waals surface area (Å²) in [5.41, 5.74) is 11.0. The summed E-state index contributed by atoms with van der Waals surface area (Å²) in [5.74, 6) is -0.682. The molecule has 0 aliphatic rings. The molecule has 0 saturated heterocycles.